The fraction of sp³-hybridized carbons (Fsp3) is 0.0667. The fourth-order valence-corrected chi connectivity index (χ4v) is 2.67. The van der Waals surface area contributed by atoms with E-state index < -0.39 is 11.6 Å². The van der Waals surface area contributed by atoms with Crippen molar-refractivity contribution in [2.75, 3.05) is 5.73 Å². The lowest BCUT2D eigenvalue weighted by Crippen LogP contribution is -2.08. The van der Waals surface area contributed by atoms with Crippen LogP contribution in [0.2, 0.25) is 0 Å². The highest BCUT2D eigenvalue weighted by Crippen LogP contribution is 2.24. The van der Waals surface area contributed by atoms with Crippen LogP contribution in [0.3, 0.4) is 0 Å². The molecule has 0 radical (unpaired) electrons. The number of nitrogens with zero attached hydrogens (tertiary/aromatic N) is 3. The summed E-state index contributed by atoms with van der Waals surface area (Å²) in [6.07, 6.45) is 0. The summed E-state index contributed by atoms with van der Waals surface area (Å²) < 4.78 is 29.8. The minimum atomic E-state index is -0.665. The summed E-state index contributed by atoms with van der Waals surface area (Å²) in [6, 6.07) is 9.24. The van der Waals surface area contributed by atoms with Gasteiger partial charge in [0.2, 0.25) is 5.95 Å². The van der Waals surface area contributed by atoms with Gasteiger partial charge in [0.25, 0.3) is 0 Å². The Bertz CT molecular complexity index is 904. The minimum Gasteiger partial charge on any atom is -0.369 e. The van der Waals surface area contributed by atoms with Crippen LogP contribution in [0.1, 0.15) is 11.1 Å². The van der Waals surface area contributed by atoms with Gasteiger partial charge in [-0.2, -0.15) is 5.26 Å². The Kier molecular flexibility index (Phi) is 3.54. The molecule has 0 aliphatic rings. The molecule has 3 rings (SSSR count). The first-order chi connectivity index (χ1) is 10.5. The van der Waals surface area contributed by atoms with Crippen LogP contribution in [0.5, 0.6) is 0 Å². The number of nitrogen functional groups attached to an aromatic ring is 1. The van der Waals surface area contributed by atoms with Gasteiger partial charge in [-0.15, -0.1) is 0 Å². The van der Waals surface area contributed by atoms with E-state index in [1.807, 2.05) is 6.07 Å². The fourth-order valence-electron chi connectivity index (χ4n) is 2.27. The Morgan fingerprint density at radius 3 is 2.55 bits per heavy atom. The SMILES string of the molecule is N#Cc1ccc2c(c1)nc(N)n2Cc1c(F)cc(Br)cc1F. The normalized spacial score (nSPS) is 10.8. The van der Waals surface area contributed by atoms with Crippen LogP contribution in [0, 0.1) is 23.0 Å². The molecule has 4 nitrogen and oxygen atoms in total. The van der Waals surface area contributed by atoms with Crippen LogP contribution in [0.15, 0.2) is 34.8 Å². The summed E-state index contributed by atoms with van der Waals surface area (Å²) in [7, 11) is 0. The third-order valence-electron chi connectivity index (χ3n) is 3.33. The zero-order valence-electron chi connectivity index (χ0n) is 11.1. The molecule has 0 aliphatic carbocycles. The molecule has 0 atom stereocenters. The van der Waals surface area contributed by atoms with E-state index in [1.54, 1.807) is 18.2 Å². The van der Waals surface area contributed by atoms with Gasteiger partial charge in [0.05, 0.1) is 29.2 Å². The van der Waals surface area contributed by atoms with Gasteiger partial charge in [-0.1, -0.05) is 15.9 Å². The Balaban J connectivity index is 2.12. The maximum atomic E-state index is 14.0. The van der Waals surface area contributed by atoms with Gasteiger partial charge in [-0.05, 0) is 30.3 Å². The Hall–Kier alpha value is -2.46. The van der Waals surface area contributed by atoms with Crippen LogP contribution in [-0.2, 0) is 6.54 Å². The molecule has 1 heterocycles. The first kappa shape index (κ1) is 14.5. The number of nitriles is 1. The molecule has 0 unspecified atom stereocenters. The van der Waals surface area contributed by atoms with Crippen LogP contribution >= 0.6 is 15.9 Å². The van der Waals surface area contributed by atoms with E-state index in [9.17, 15) is 8.78 Å². The van der Waals surface area contributed by atoms with Crippen molar-refractivity contribution in [3.63, 3.8) is 0 Å². The Labute approximate surface area is 132 Å². The molecule has 0 bridgehead atoms. The highest BCUT2D eigenvalue weighted by Gasteiger charge is 2.15. The molecule has 0 amide bonds. The van der Waals surface area contributed by atoms with E-state index in [1.165, 1.54) is 16.7 Å². The summed E-state index contributed by atoms with van der Waals surface area (Å²) >= 11 is 3.04. The van der Waals surface area contributed by atoms with E-state index >= 15 is 0 Å². The van der Waals surface area contributed by atoms with Crippen LogP contribution in [-0.4, -0.2) is 9.55 Å². The number of fused-ring (bicyclic) bond motifs is 1. The number of hydrogen-bond donors (Lipinski definition) is 1. The van der Waals surface area contributed by atoms with E-state index in [4.69, 9.17) is 11.0 Å². The van der Waals surface area contributed by atoms with Crippen molar-refractivity contribution >= 4 is 32.9 Å². The standard InChI is InChI=1S/C15H9BrF2N4/c16-9-4-11(17)10(12(18)5-9)7-22-14-2-1-8(6-19)3-13(14)21-15(22)20/h1-5H,7H2,(H2,20,21). The highest BCUT2D eigenvalue weighted by atomic mass is 79.9. The van der Waals surface area contributed by atoms with Crippen molar-refractivity contribution in [1.29, 1.82) is 5.26 Å². The average molecular weight is 363 g/mol. The molecular weight excluding hydrogens is 354 g/mol. The molecular formula is C15H9BrF2N4. The van der Waals surface area contributed by atoms with Gasteiger partial charge in [-0.25, -0.2) is 13.8 Å². The lowest BCUT2D eigenvalue weighted by Gasteiger charge is -2.09. The first-order valence-electron chi connectivity index (χ1n) is 6.29. The molecule has 0 spiro atoms. The smallest absolute Gasteiger partial charge is 0.201 e. The predicted octanol–water partition coefficient (Wildman–Crippen LogP) is 3.58. The zero-order chi connectivity index (χ0) is 15.9. The van der Waals surface area contributed by atoms with Crippen LogP contribution in [0.25, 0.3) is 11.0 Å². The second-order valence-electron chi connectivity index (χ2n) is 4.72. The first-order valence-corrected chi connectivity index (χ1v) is 7.08. The summed E-state index contributed by atoms with van der Waals surface area (Å²) in [4.78, 5) is 4.13. The van der Waals surface area contributed by atoms with Crippen molar-refractivity contribution in [3.05, 3.63) is 57.6 Å². The number of imidazole rings is 1. The monoisotopic (exact) mass is 362 g/mol. The zero-order valence-corrected chi connectivity index (χ0v) is 12.7. The van der Waals surface area contributed by atoms with Gasteiger partial charge in [0, 0.05) is 10.0 Å². The molecule has 0 saturated carbocycles. The predicted molar refractivity (Wildman–Crippen MR) is 82.0 cm³/mol. The van der Waals surface area contributed by atoms with Crippen LogP contribution < -0.4 is 5.73 Å². The molecule has 22 heavy (non-hydrogen) atoms. The van der Waals surface area contributed by atoms with E-state index in [-0.39, 0.29) is 18.1 Å². The second-order valence-corrected chi connectivity index (χ2v) is 5.64. The summed E-state index contributed by atoms with van der Waals surface area (Å²) in [5.41, 5.74) is 7.30. The lowest BCUT2D eigenvalue weighted by atomic mass is 10.2. The summed E-state index contributed by atoms with van der Waals surface area (Å²) in [6.45, 7) is -0.0841. The summed E-state index contributed by atoms with van der Waals surface area (Å²) in [5, 5.41) is 8.89. The number of aromatic nitrogens is 2. The van der Waals surface area contributed by atoms with Gasteiger partial charge < -0.3 is 10.3 Å². The quantitative estimate of drug-likeness (QED) is 0.757. The van der Waals surface area contributed by atoms with Crippen molar-refractivity contribution < 1.29 is 8.78 Å². The molecule has 2 aromatic carbocycles. The number of halogens is 3. The van der Waals surface area contributed by atoms with Crippen molar-refractivity contribution in [2.45, 2.75) is 6.54 Å². The molecule has 0 fully saturated rings. The van der Waals surface area contributed by atoms with E-state index in [0.29, 0.717) is 21.1 Å². The Morgan fingerprint density at radius 1 is 1.23 bits per heavy atom. The molecule has 0 aliphatic heterocycles. The van der Waals surface area contributed by atoms with Crippen molar-refractivity contribution in [3.8, 4) is 6.07 Å². The number of benzene rings is 2. The van der Waals surface area contributed by atoms with E-state index in [0.717, 1.165) is 0 Å². The minimum absolute atomic E-state index is 0.0841. The van der Waals surface area contributed by atoms with E-state index in [2.05, 4.69) is 20.9 Å². The van der Waals surface area contributed by atoms with Crippen molar-refractivity contribution in [1.82, 2.24) is 9.55 Å². The highest BCUT2D eigenvalue weighted by molar-refractivity contribution is 9.10. The molecule has 110 valence electrons. The number of rotatable bonds is 2. The molecule has 2 N–H and O–H groups in total. The third kappa shape index (κ3) is 2.42. The number of hydrogen-bond acceptors (Lipinski definition) is 3. The number of anilines is 1. The second kappa shape index (κ2) is 5.39. The van der Waals surface area contributed by atoms with Crippen LogP contribution in [0.4, 0.5) is 14.7 Å². The third-order valence-corrected chi connectivity index (χ3v) is 3.79. The topological polar surface area (TPSA) is 67.6 Å². The van der Waals surface area contributed by atoms with Gasteiger partial charge in [-0.3, -0.25) is 0 Å². The molecule has 0 saturated heterocycles. The largest absolute Gasteiger partial charge is 0.369 e. The average Bonchev–Trinajstić information content (AvgIpc) is 2.77. The molecule has 3 aromatic rings. The maximum Gasteiger partial charge on any atom is 0.201 e. The number of nitrogens with two attached hydrogens (primary N) is 1. The summed E-state index contributed by atoms with van der Waals surface area (Å²) in [5.74, 6) is -1.20. The molecule has 1 aromatic heterocycles. The van der Waals surface area contributed by atoms with Gasteiger partial charge in [0.1, 0.15) is 11.6 Å². The van der Waals surface area contributed by atoms with Crippen molar-refractivity contribution in [2.24, 2.45) is 0 Å². The molecule has 7 heteroatoms. The lowest BCUT2D eigenvalue weighted by molar-refractivity contribution is 0.546. The maximum absolute atomic E-state index is 14.0. The Morgan fingerprint density at radius 2 is 1.91 bits per heavy atom. The van der Waals surface area contributed by atoms with Gasteiger partial charge in [0.15, 0.2) is 0 Å². The van der Waals surface area contributed by atoms with Gasteiger partial charge >= 0.3 is 0 Å².